The summed E-state index contributed by atoms with van der Waals surface area (Å²) in [5.74, 6) is -0.269. The maximum Gasteiger partial charge on any atom is 0.435 e. The summed E-state index contributed by atoms with van der Waals surface area (Å²) in [6, 6.07) is 1.62. The van der Waals surface area contributed by atoms with Crippen molar-refractivity contribution in [1.82, 2.24) is 0 Å². The lowest BCUT2D eigenvalue weighted by molar-refractivity contribution is -0.348. The molecule has 0 atom stereocenters. The van der Waals surface area contributed by atoms with Gasteiger partial charge in [0.25, 0.3) is 0 Å². The fourth-order valence-corrected chi connectivity index (χ4v) is 1.73. The van der Waals surface area contributed by atoms with E-state index in [1.807, 2.05) is 0 Å². The molecular formula is C12H10ClF7N2. The van der Waals surface area contributed by atoms with Crippen LogP contribution in [0.5, 0.6) is 0 Å². The van der Waals surface area contributed by atoms with Gasteiger partial charge >= 0.3 is 18.0 Å². The Morgan fingerprint density at radius 3 is 1.95 bits per heavy atom. The molecule has 124 valence electrons. The van der Waals surface area contributed by atoms with Gasteiger partial charge < -0.3 is 5.73 Å². The molecule has 0 aliphatic heterocycles. The smallest absolute Gasteiger partial charge is 0.386 e. The van der Waals surface area contributed by atoms with E-state index < -0.39 is 23.6 Å². The highest BCUT2D eigenvalue weighted by Crippen LogP contribution is 2.53. The van der Waals surface area contributed by atoms with E-state index in [4.69, 9.17) is 17.3 Å². The van der Waals surface area contributed by atoms with Crippen molar-refractivity contribution in [2.45, 2.75) is 24.9 Å². The standard InChI is InChI=1S/C12H10ClF7N2/c1-6-4-7(2-3-8(6)22-9(21)5-13)10(14,11(15,16)17)12(18,19)20/h2-4H,5H2,1H3,(H2,21,22). The number of hydrogen-bond donors (Lipinski definition) is 1. The normalized spacial score (nSPS) is 14.3. The van der Waals surface area contributed by atoms with Crippen molar-refractivity contribution in [2.75, 3.05) is 5.88 Å². The predicted molar refractivity (Wildman–Crippen MR) is 68.1 cm³/mol. The van der Waals surface area contributed by atoms with Gasteiger partial charge in [-0.2, -0.15) is 26.3 Å². The number of benzene rings is 1. The number of rotatable bonds is 3. The number of aryl methyl sites for hydroxylation is 1. The van der Waals surface area contributed by atoms with Gasteiger partial charge in [0.1, 0.15) is 5.84 Å². The molecule has 2 N–H and O–H groups in total. The first kappa shape index (κ1) is 18.5. The summed E-state index contributed by atoms with van der Waals surface area (Å²) in [5.41, 5.74) is -1.84. The number of nitrogens with zero attached hydrogens (tertiary/aromatic N) is 1. The van der Waals surface area contributed by atoms with Crippen LogP contribution in [0.3, 0.4) is 0 Å². The van der Waals surface area contributed by atoms with Crippen LogP contribution >= 0.6 is 11.6 Å². The number of alkyl halides is 8. The second-order valence-electron chi connectivity index (χ2n) is 4.39. The molecule has 22 heavy (non-hydrogen) atoms. The van der Waals surface area contributed by atoms with E-state index in [-0.39, 0.29) is 23.0 Å². The topological polar surface area (TPSA) is 38.4 Å². The monoisotopic (exact) mass is 350 g/mol. The molecule has 0 heterocycles. The van der Waals surface area contributed by atoms with Gasteiger partial charge in [-0.05, 0) is 18.6 Å². The van der Waals surface area contributed by atoms with Crippen LogP contribution in [-0.2, 0) is 5.67 Å². The zero-order valence-electron chi connectivity index (χ0n) is 11.0. The van der Waals surface area contributed by atoms with Crippen molar-refractivity contribution in [3.05, 3.63) is 29.3 Å². The van der Waals surface area contributed by atoms with Gasteiger partial charge in [0, 0.05) is 5.56 Å². The van der Waals surface area contributed by atoms with Gasteiger partial charge in [0.2, 0.25) is 0 Å². The van der Waals surface area contributed by atoms with Crippen LogP contribution in [0.25, 0.3) is 0 Å². The van der Waals surface area contributed by atoms with Crippen molar-refractivity contribution in [3.63, 3.8) is 0 Å². The van der Waals surface area contributed by atoms with Gasteiger partial charge in [-0.25, -0.2) is 9.38 Å². The fraction of sp³-hybridized carbons (Fsp3) is 0.417. The van der Waals surface area contributed by atoms with Crippen LogP contribution in [0.4, 0.5) is 36.4 Å². The second kappa shape index (κ2) is 5.94. The Kier molecular flexibility index (Phi) is 5.01. The third-order valence-electron chi connectivity index (χ3n) is 2.78. The summed E-state index contributed by atoms with van der Waals surface area (Å²) in [6.45, 7) is 1.18. The largest absolute Gasteiger partial charge is 0.435 e. The van der Waals surface area contributed by atoms with E-state index in [2.05, 4.69) is 4.99 Å². The van der Waals surface area contributed by atoms with Gasteiger partial charge in [-0.3, -0.25) is 0 Å². The Morgan fingerprint density at radius 2 is 1.59 bits per heavy atom. The van der Waals surface area contributed by atoms with Crippen LogP contribution in [0.2, 0.25) is 0 Å². The fourth-order valence-electron chi connectivity index (χ4n) is 1.67. The minimum Gasteiger partial charge on any atom is -0.386 e. The molecule has 1 aromatic carbocycles. The molecule has 0 unspecified atom stereocenters. The lowest BCUT2D eigenvalue weighted by atomic mass is 9.92. The Balaban J connectivity index is 3.46. The molecule has 0 aliphatic rings. The first-order chi connectivity index (χ1) is 9.84. The molecule has 0 bridgehead atoms. The highest BCUT2D eigenvalue weighted by atomic mass is 35.5. The van der Waals surface area contributed by atoms with E-state index in [9.17, 15) is 30.7 Å². The van der Waals surface area contributed by atoms with Crippen LogP contribution in [0.15, 0.2) is 23.2 Å². The zero-order valence-corrected chi connectivity index (χ0v) is 11.7. The van der Waals surface area contributed by atoms with Gasteiger partial charge in [-0.15, -0.1) is 11.6 Å². The van der Waals surface area contributed by atoms with E-state index in [0.29, 0.717) is 12.1 Å². The maximum atomic E-state index is 13.8. The van der Waals surface area contributed by atoms with E-state index in [1.165, 1.54) is 6.92 Å². The summed E-state index contributed by atoms with van der Waals surface area (Å²) in [7, 11) is 0. The molecule has 1 rings (SSSR count). The average Bonchev–Trinajstić information content (AvgIpc) is 2.37. The summed E-state index contributed by atoms with van der Waals surface area (Å²) < 4.78 is 89.6. The zero-order chi connectivity index (χ0) is 17.3. The first-order valence-electron chi connectivity index (χ1n) is 5.67. The summed E-state index contributed by atoms with van der Waals surface area (Å²) in [5, 5.41) is 0. The van der Waals surface area contributed by atoms with Crippen molar-refractivity contribution in [2.24, 2.45) is 10.7 Å². The third-order valence-corrected chi connectivity index (χ3v) is 3.05. The highest BCUT2D eigenvalue weighted by molar-refractivity contribution is 6.28. The number of nitrogens with two attached hydrogens (primary N) is 1. The van der Waals surface area contributed by atoms with Gasteiger partial charge in [0.05, 0.1) is 11.6 Å². The third kappa shape index (κ3) is 3.29. The predicted octanol–water partition coefficient (Wildman–Crippen LogP) is 4.51. The van der Waals surface area contributed by atoms with Crippen LogP contribution in [-0.4, -0.2) is 24.1 Å². The molecule has 10 heteroatoms. The SMILES string of the molecule is Cc1cc(C(F)(C(F)(F)F)C(F)(F)F)ccc1N=C(N)CCl. The number of hydrogen-bond acceptors (Lipinski definition) is 1. The lowest BCUT2D eigenvalue weighted by Gasteiger charge is -2.30. The minimum absolute atomic E-state index is 0.00593. The van der Waals surface area contributed by atoms with Crippen LogP contribution in [0, 0.1) is 6.92 Å². The highest BCUT2D eigenvalue weighted by Gasteiger charge is 2.73. The molecule has 2 nitrogen and oxygen atoms in total. The molecule has 1 aromatic rings. The van der Waals surface area contributed by atoms with Crippen molar-refractivity contribution in [1.29, 1.82) is 0 Å². The summed E-state index contributed by atoms with van der Waals surface area (Å²) in [6.07, 6.45) is -12.3. The van der Waals surface area contributed by atoms with E-state index >= 15 is 0 Å². The number of aliphatic imine (C=N–C) groups is 1. The minimum atomic E-state index is -6.16. The van der Waals surface area contributed by atoms with Crippen molar-refractivity contribution >= 4 is 23.1 Å². The molecule has 0 radical (unpaired) electrons. The van der Waals surface area contributed by atoms with E-state index in [0.717, 1.165) is 6.07 Å². The summed E-state index contributed by atoms with van der Waals surface area (Å²) in [4.78, 5) is 3.70. The van der Waals surface area contributed by atoms with Crippen LogP contribution < -0.4 is 5.73 Å². The maximum absolute atomic E-state index is 13.8. The van der Waals surface area contributed by atoms with Crippen LogP contribution in [0.1, 0.15) is 11.1 Å². The molecule has 0 aliphatic carbocycles. The molecule has 0 amide bonds. The molecule has 0 fully saturated rings. The summed E-state index contributed by atoms with van der Waals surface area (Å²) >= 11 is 5.36. The Morgan fingerprint density at radius 1 is 1.09 bits per heavy atom. The molecule has 0 saturated heterocycles. The quantitative estimate of drug-likeness (QED) is 0.370. The second-order valence-corrected chi connectivity index (χ2v) is 4.66. The average molecular weight is 351 g/mol. The molecule has 0 spiro atoms. The molecule has 0 saturated carbocycles. The Bertz CT molecular complexity index is 564. The number of halogens is 8. The first-order valence-corrected chi connectivity index (χ1v) is 6.20. The van der Waals surface area contributed by atoms with Crippen molar-refractivity contribution in [3.8, 4) is 0 Å². The lowest BCUT2D eigenvalue weighted by Crippen LogP contribution is -2.50. The Labute approximate surface area is 125 Å². The van der Waals surface area contributed by atoms with Gasteiger partial charge in [-0.1, -0.05) is 12.1 Å². The van der Waals surface area contributed by atoms with E-state index in [1.54, 1.807) is 0 Å². The Hall–Kier alpha value is -1.51. The van der Waals surface area contributed by atoms with Gasteiger partial charge in [0.15, 0.2) is 0 Å². The number of amidine groups is 1. The molecular weight excluding hydrogens is 341 g/mol. The molecule has 0 aromatic heterocycles. The van der Waals surface area contributed by atoms with Crippen molar-refractivity contribution < 1.29 is 30.7 Å².